The molecule has 0 N–H and O–H groups in total. The van der Waals surface area contributed by atoms with Crippen LogP contribution < -0.4 is 30.6 Å². The normalized spacial score (nSPS) is 12.8. The van der Waals surface area contributed by atoms with E-state index >= 15 is 0 Å². The van der Waals surface area contributed by atoms with Crippen LogP contribution in [0.3, 0.4) is 0 Å². The van der Waals surface area contributed by atoms with Gasteiger partial charge < -0.3 is 14.2 Å². The molecule has 132 valence electrons. The van der Waals surface area contributed by atoms with Gasteiger partial charge in [0.05, 0.1) is 0 Å². The largest absolute Gasteiger partial charge is 0.458 e. The van der Waals surface area contributed by atoms with Gasteiger partial charge in [-0.1, -0.05) is 42.5 Å². The van der Waals surface area contributed by atoms with Crippen LogP contribution in [0.5, 0.6) is 34.5 Å². The molecular formula is C24H15BO3. The maximum Gasteiger partial charge on any atom is 0.260 e. The molecule has 0 aromatic heterocycles. The third-order valence-corrected chi connectivity index (χ3v) is 5.26. The highest BCUT2D eigenvalue weighted by molar-refractivity contribution is 6.98. The van der Waals surface area contributed by atoms with Crippen molar-refractivity contribution < 1.29 is 14.2 Å². The van der Waals surface area contributed by atoms with Gasteiger partial charge in [0.15, 0.2) is 0 Å². The summed E-state index contributed by atoms with van der Waals surface area (Å²) in [5.74, 6) is 5.04. The molecule has 4 aromatic carbocycles. The number of rotatable bonds is 2. The van der Waals surface area contributed by atoms with E-state index in [0.717, 1.165) is 50.9 Å². The first-order valence-corrected chi connectivity index (χ1v) is 9.31. The molecule has 0 aliphatic carbocycles. The summed E-state index contributed by atoms with van der Waals surface area (Å²) < 4.78 is 18.4. The Bertz CT molecular complexity index is 1190. The van der Waals surface area contributed by atoms with Crippen molar-refractivity contribution in [1.29, 1.82) is 0 Å². The van der Waals surface area contributed by atoms with Crippen LogP contribution in [0.15, 0.2) is 91.0 Å². The van der Waals surface area contributed by atoms with Gasteiger partial charge in [-0.25, -0.2) is 0 Å². The Morgan fingerprint density at radius 2 is 1.21 bits per heavy atom. The summed E-state index contributed by atoms with van der Waals surface area (Å²) in [5.41, 5.74) is 3.30. The van der Waals surface area contributed by atoms with Crippen molar-refractivity contribution >= 4 is 23.1 Å². The standard InChI is InChI=1S/C24H15BO3/c1-2-7-16(8-3-1)26-17-13-14-21-19(15-17)25-18-9-4-5-10-20(18)27-22-11-6-12-23(28-21)24(22)25/h1-15H. The monoisotopic (exact) mass is 362 g/mol. The molecule has 0 saturated carbocycles. The van der Waals surface area contributed by atoms with E-state index in [0.29, 0.717) is 0 Å². The fourth-order valence-corrected chi connectivity index (χ4v) is 4.05. The second-order valence-electron chi connectivity index (χ2n) is 6.96. The van der Waals surface area contributed by atoms with Gasteiger partial charge in [0, 0.05) is 5.46 Å². The van der Waals surface area contributed by atoms with Crippen LogP contribution in [-0.2, 0) is 0 Å². The molecule has 0 unspecified atom stereocenters. The first-order chi connectivity index (χ1) is 13.9. The first kappa shape index (κ1) is 15.4. The summed E-state index contributed by atoms with van der Waals surface area (Å²) in [6, 6.07) is 30.0. The Morgan fingerprint density at radius 3 is 2.04 bits per heavy atom. The van der Waals surface area contributed by atoms with E-state index in [1.165, 1.54) is 0 Å². The lowest BCUT2D eigenvalue weighted by Crippen LogP contribution is -2.57. The summed E-state index contributed by atoms with van der Waals surface area (Å²) >= 11 is 0. The van der Waals surface area contributed by atoms with Crippen molar-refractivity contribution in [2.24, 2.45) is 0 Å². The molecule has 0 atom stereocenters. The Balaban J connectivity index is 1.52. The Labute approximate surface area is 163 Å². The highest BCUT2D eigenvalue weighted by atomic mass is 16.5. The van der Waals surface area contributed by atoms with E-state index in [1.807, 2.05) is 72.8 Å². The van der Waals surface area contributed by atoms with Gasteiger partial charge in [-0.3, -0.25) is 0 Å². The zero-order valence-corrected chi connectivity index (χ0v) is 15.0. The van der Waals surface area contributed by atoms with Crippen LogP contribution in [0.1, 0.15) is 0 Å². The molecule has 4 heteroatoms. The van der Waals surface area contributed by atoms with Crippen LogP contribution >= 0.6 is 0 Å². The second kappa shape index (κ2) is 5.93. The predicted octanol–water partition coefficient (Wildman–Crippen LogP) is 4.21. The van der Waals surface area contributed by atoms with Gasteiger partial charge in [0.25, 0.3) is 6.71 Å². The molecule has 0 bridgehead atoms. The van der Waals surface area contributed by atoms with E-state index in [9.17, 15) is 0 Å². The molecule has 6 rings (SSSR count). The number of para-hydroxylation sites is 2. The van der Waals surface area contributed by atoms with Crippen LogP contribution in [0, 0.1) is 0 Å². The zero-order chi connectivity index (χ0) is 18.5. The van der Waals surface area contributed by atoms with Crippen LogP contribution in [0.4, 0.5) is 0 Å². The van der Waals surface area contributed by atoms with Crippen molar-refractivity contribution in [3.63, 3.8) is 0 Å². The first-order valence-electron chi connectivity index (χ1n) is 9.31. The minimum atomic E-state index is 0.0548. The minimum Gasteiger partial charge on any atom is -0.458 e. The number of benzene rings is 4. The topological polar surface area (TPSA) is 27.7 Å². The number of hydrogen-bond acceptors (Lipinski definition) is 3. The van der Waals surface area contributed by atoms with Crippen molar-refractivity contribution in [2.45, 2.75) is 0 Å². The fourth-order valence-electron chi connectivity index (χ4n) is 4.05. The third kappa shape index (κ3) is 2.31. The zero-order valence-electron chi connectivity index (χ0n) is 15.0. The highest BCUT2D eigenvalue weighted by Crippen LogP contribution is 2.35. The quantitative estimate of drug-likeness (QED) is 0.432. The Kier molecular flexibility index (Phi) is 3.26. The van der Waals surface area contributed by atoms with Crippen LogP contribution in [-0.4, -0.2) is 6.71 Å². The summed E-state index contributed by atoms with van der Waals surface area (Å²) in [6.45, 7) is 0.0548. The van der Waals surface area contributed by atoms with Gasteiger partial charge in [-0.15, -0.1) is 0 Å². The smallest absolute Gasteiger partial charge is 0.260 e. The lowest BCUT2D eigenvalue weighted by molar-refractivity contribution is 0.460. The average molecular weight is 362 g/mol. The van der Waals surface area contributed by atoms with E-state index in [2.05, 4.69) is 18.2 Å². The molecule has 2 heterocycles. The molecule has 0 radical (unpaired) electrons. The molecular weight excluding hydrogens is 347 g/mol. The Morgan fingerprint density at radius 1 is 0.536 bits per heavy atom. The predicted molar refractivity (Wildman–Crippen MR) is 111 cm³/mol. The van der Waals surface area contributed by atoms with Gasteiger partial charge in [0.1, 0.15) is 34.5 Å². The van der Waals surface area contributed by atoms with Gasteiger partial charge in [-0.05, 0) is 59.5 Å². The Hall–Kier alpha value is -3.66. The molecule has 2 aliphatic heterocycles. The summed E-state index contributed by atoms with van der Waals surface area (Å²) in [5, 5.41) is 0. The lowest BCUT2D eigenvalue weighted by Gasteiger charge is -2.32. The van der Waals surface area contributed by atoms with Crippen LogP contribution in [0.25, 0.3) is 0 Å². The number of hydrogen-bond donors (Lipinski definition) is 0. The van der Waals surface area contributed by atoms with Gasteiger partial charge in [-0.2, -0.15) is 0 Å². The summed E-state index contributed by atoms with van der Waals surface area (Å²) in [4.78, 5) is 0. The molecule has 0 saturated heterocycles. The third-order valence-electron chi connectivity index (χ3n) is 5.26. The van der Waals surface area contributed by atoms with E-state index in [-0.39, 0.29) is 6.71 Å². The van der Waals surface area contributed by atoms with Gasteiger partial charge in [0.2, 0.25) is 0 Å². The van der Waals surface area contributed by atoms with E-state index < -0.39 is 0 Å². The SMILES string of the molecule is c1ccc(Oc2ccc3c(c2)B2c4ccccc4Oc4cccc(c42)O3)cc1. The average Bonchev–Trinajstić information content (AvgIpc) is 2.74. The van der Waals surface area contributed by atoms with Crippen molar-refractivity contribution in [3.8, 4) is 34.5 Å². The van der Waals surface area contributed by atoms with Crippen LogP contribution in [0.2, 0.25) is 0 Å². The fraction of sp³-hybridized carbons (Fsp3) is 0. The molecule has 0 spiro atoms. The molecule has 4 aromatic rings. The van der Waals surface area contributed by atoms with Gasteiger partial charge >= 0.3 is 0 Å². The minimum absolute atomic E-state index is 0.0548. The van der Waals surface area contributed by atoms with E-state index in [4.69, 9.17) is 14.2 Å². The maximum absolute atomic E-state index is 6.21. The molecule has 2 aliphatic rings. The van der Waals surface area contributed by atoms with Crippen molar-refractivity contribution in [1.82, 2.24) is 0 Å². The lowest BCUT2D eigenvalue weighted by atomic mass is 9.35. The molecule has 28 heavy (non-hydrogen) atoms. The second-order valence-corrected chi connectivity index (χ2v) is 6.96. The van der Waals surface area contributed by atoms with Crippen molar-refractivity contribution in [2.75, 3.05) is 0 Å². The number of ether oxygens (including phenoxy) is 3. The summed E-state index contributed by atoms with van der Waals surface area (Å²) in [7, 11) is 0. The van der Waals surface area contributed by atoms with E-state index in [1.54, 1.807) is 0 Å². The maximum atomic E-state index is 6.21. The van der Waals surface area contributed by atoms with Crippen molar-refractivity contribution in [3.05, 3.63) is 91.0 Å². The molecule has 0 fully saturated rings. The molecule has 0 amide bonds. The summed E-state index contributed by atoms with van der Waals surface area (Å²) in [6.07, 6.45) is 0. The number of fused-ring (bicyclic) bond motifs is 4. The highest BCUT2D eigenvalue weighted by Gasteiger charge is 2.39. The molecule has 3 nitrogen and oxygen atoms in total.